The SMILES string of the molecule is Cc1cccc(NC(=O)CSc2nnc(N3C(N)=C(C#N)C(c4ccc(Br)cc4)C4=C3CC(C)(C)CC4=O)s2)c1. The number of halogens is 1. The lowest BCUT2D eigenvalue weighted by Gasteiger charge is -2.42. The number of nitrogens with two attached hydrogens (primary N) is 1. The van der Waals surface area contributed by atoms with Crippen molar-refractivity contribution >= 4 is 61.5 Å². The summed E-state index contributed by atoms with van der Waals surface area (Å²) in [5.41, 5.74) is 10.7. The number of rotatable bonds is 6. The fraction of sp³-hybridized carbons (Fsp3) is 0.276. The molecule has 2 aliphatic rings. The molecule has 0 fully saturated rings. The van der Waals surface area contributed by atoms with Crippen molar-refractivity contribution in [1.29, 1.82) is 5.26 Å². The summed E-state index contributed by atoms with van der Waals surface area (Å²) >= 11 is 6.01. The number of anilines is 2. The molecule has 3 N–H and O–H groups in total. The van der Waals surface area contributed by atoms with Gasteiger partial charge in [0.1, 0.15) is 5.82 Å². The highest BCUT2D eigenvalue weighted by molar-refractivity contribution is 9.10. The van der Waals surface area contributed by atoms with E-state index >= 15 is 0 Å². The van der Waals surface area contributed by atoms with Gasteiger partial charge in [-0.25, -0.2) is 0 Å². The molecular weight excluding hydrogens is 608 g/mol. The molecule has 0 spiro atoms. The van der Waals surface area contributed by atoms with Gasteiger partial charge in [-0.2, -0.15) is 5.26 Å². The zero-order chi connectivity index (χ0) is 28.6. The molecule has 0 radical (unpaired) electrons. The molecule has 1 aliphatic heterocycles. The summed E-state index contributed by atoms with van der Waals surface area (Å²) < 4.78 is 1.49. The average molecular weight is 636 g/mol. The smallest absolute Gasteiger partial charge is 0.234 e. The van der Waals surface area contributed by atoms with Crippen molar-refractivity contribution in [2.24, 2.45) is 11.1 Å². The van der Waals surface area contributed by atoms with E-state index in [0.29, 0.717) is 33.5 Å². The Balaban J connectivity index is 1.46. The van der Waals surface area contributed by atoms with Crippen LogP contribution in [-0.2, 0) is 9.59 Å². The number of amides is 1. The number of nitrogens with zero attached hydrogens (tertiary/aromatic N) is 4. The minimum absolute atomic E-state index is 0.00338. The van der Waals surface area contributed by atoms with Gasteiger partial charge in [-0.1, -0.05) is 77.1 Å². The van der Waals surface area contributed by atoms with Crippen molar-refractivity contribution in [3.05, 3.63) is 86.8 Å². The third kappa shape index (κ3) is 5.70. The molecule has 5 rings (SSSR count). The monoisotopic (exact) mass is 634 g/mol. The Kier molecular flexibility index (Phi) is 7.86. The van der Waals surface area contributed by atoms with Crippen molar-refractivity contribution in [2.45, 2.75) is 43.9 Å². The van der Waals surface area contributed by atoms with E-state index in [9.17, 15) is 14.9 Å². The van der Waals surface area contributed by atoms with E-state index in [4.69, 9.17) is 5.73 Å². The fourth-order valence-corrected chi connectivity index (χ4v) is 7.06. The summed E-state index contributed by atoms with van der Waals surface area (Å²) in [5.74, 6) is -0.318. The minimum Gasteiger partial charge on any atom is -0.384 e. The average Bonchev–Trinajstić information content (AvgIpc) is 3.35. The Morgan fingerprint density at radius 2 is 2.00 bits per heavy atom. The summed E-state index contributed by atoms with van der Waals surface area (Å²) in [6, 6.07) is 17.5. The quantitative estimate of drug-likeness (QED) is 0.303. The van der Waals surface area contributed by atoms with Crippen LogP contribution in [0.5, 0.6) is 0 Å². The molecular formula is C29H27BrN6O2S2. The Morgan fingerprint density at radius 1 is 1.25 bits per heavy atom. The number of hydrogen-bond acceptors (Lipinski definition) is 9. The van der Waals surface area contributed by atoms with Gasteiger partial charge in [0.05, 0.1) is 23.3 Å². The number of allylic oxidation sites excluding steroid dienone is 3. The number of thioether (sulfide) groups is 1. The van der Waals surface area contributed by atoms with E-state index in [1.807, 2.05) is 55.5 Å². The van der Waals surface area contributed by atoms with Crippen LogP contribution in [0.25, 0.3) is 0 Å². The second kappa shape index (κ2) is 11.2. The van der Waals surface area contributed by atoms with Crippen LogP contribution in [0.15, 0.2) is 80.0 Å². The molecule has 11 heteroatoms. The summed E-state index contributed by atoms with van der Waals surface area (Å²) in [4.78, 5) is 27.9. The maximum Gasteiger partial charge on any atom is 0.234 e. The molecule has 1 aliphatic carbocycles. The maximum atomic E-state index is 13.6. The Hall–Kier alpha value is -3.46. The Labute approximate surface area is 249 Å². The van der Waals surface area contributed by atoms with E-state index < -0.39 is 5.92 Å². The molecule has 1 atom stereocenters. The highest BCUT2D eigenvalue weighted by Gasteiger charge is 2.45. The van der Waals surface area contributed by atoms with Crippen LogP contribution in [-0.4, -0.2) is 27.6 Å². The van der Waals surface area contributed by atoms with Crippen LogP contribution < -0.4 is 16.0 Å². The topological polar surface area (TPSA) is 125 Å². The number of nitrogens with one attached hydrogen (secondary N) is 1. The zero-order valence-electron chi connectivity index (χ0n) is 22.2. The molecule has 1 aromatic heterocycles. The van der Waals surface area contributed by atoms with Crippen molar-refractivity contribution in [3.8, 4) is 6.07 Å². The van der Waals surface area contributed by atoms with E-state index in [2.05, 4.69) is 51.4 Å². The van der Waals surface area contributed by atoms with Gasteiger partial charge in [0.15, 0.2) is 10.1 Å². The third-order valence-corrected chi connectivity index (χ3v) is 9.37. The zero-order valence-corrected chi connectivity index (χ0v) is 25.4. The number of aromatic nitrogens is 2. The van der Waals surface area contributed by atoms with E-state index in [-0.39, 0.29) is 28.7 Å². The number of carbonyl (C=O) groups excluding carboxylic acids is 2. The summed E-state index contributed by atoms with van der Waals surface area (Å²) in [6.07, 6.45) is 0.958. The van der Waals surface area contributed by atoms with Gasteiger partial charge in [-0.3, -0.25) is 14.5 Å². The van der Waals surface area contributed by atoms with E-state index in [1.54, 1.807) is 4.90 Å². The first-order chi connectivity index (χ1) is 19.1. The van der Waals surface area contributed by atoms with Crippen LogP contribution in [0.1, 0.15) is 43.7 Å². The minimum atomic E-state index is -0.556. The molecule has 8 nitrogen and oxygen atoms in total. The second-order valence-corrected chi connectivity index (χ2v) is 13.7. The highest BCUT2D eigenvalue weighted by Crippen LogP contribution is 2.50. The second-order valence-electron chi connectivity index (χ2n) is 10.6. The van der Waals surface area contributed by atoms with Gasteiger partial charge in [-0.15, -0.1) is 10.2 Å². The van der Waals surface area contributed by atoms with Gasteiger partial charge < -0.3 is 11.1 Å². The largest absolute Gasteiger partial charge is 0.384 e. The Bertz CT molecular complexity index is 1600. The Morgan fingerprint density at radius 3 is 2.70 bits per heavy atom. The first-order valence-electron chi connectivity index (χ1n) is 12.6. The lowest BCUT2D eigenvalue weighted by atomic mass is 9.69. The van der Waals surface area contributed by atoms with Gasteiger partial charge in [0.2, 0.25) is 11.0 Å². The van der Waals surface area contributed by atoms with Crippen LogP contribution in [0.3, 0.4) is 0 Å². The molecule has 2 aromatic carbocycles. The van der Waals surface area contributed by atoms with Crippen molar-refractivity contribution in [2.75, 3.05) is 16.0 Å². The normalized spacial score (nSPS) is 18.4. The highest BCUT2D eigenvalue weighted by atomic mass is 79.9. The van der Waals surface area contributed by atoms with Crippen LogP contribution in [0.4, 0.5) is 10.8 Å². The van der Waals surface area contributed by atoms with Gasteiger partial charge in [-0.05, 0) is 54.2 Å². The van der Waals surface area contributed by atoms with Crippen LogP contribution >= 0.6 is 39.0 Å². The third-order valence-electron chi connectivity index (χ3n) is 6.80. The molecule has 0 saturated carbocycles. The first-order valence-corrected chi connectivity index (χ1v) is 15.2. The number of benzene rings is 2. The summed E-state index contributed by atoms with van der Waals surface area (Å²) in [6.45, 7) is 6.07. The van der Waals surface area contributed by atoms with Crippen LogP contribution in [0.2, 0.25) is 0 Å². The van der Waals surface area contributed by atoms with Crippen LogP contribution in [0, 0.1) is 23.7 Å². The number of ketones is 1. The molecule has 2 heterocycles. The number of nitriles is 1. The number of Topliss-reactive ketones (excluding diaryl/α,β-unsaturated/α-hetero) is 1. The molecule has 0 bridgehead atoms. The molecule has 1 amide bonds. The lowest BCUT2D eigenvalue weighted by molar-refractivity contribution is -0.118. The molecule has 3 aromatic rings. The lowest BCUT2D eigenvalue weighted by Crippen LogP contribution is -2.42. The number of aryl methyl sites for hydroxylation is 1. The van der Waals surface area contributed by atoms with E-state index in [1.165, 1.54) is 23.1 Å². The standard InChI is InChI=1S/C29H27BrN6O2S2/c1-16-5-4-6-19(11-16)33-23(38)15-39-28-35-34-27(40-28)36-21-12-29(2,3)13-22(37)25(21)24(20(14-31)26(36)32)17-7-9-18(30)10-8-17/h4-11,24H,12-13,15,32H2,1-3H3,(H,33,38). The molecule has 0 saturated heterocycles. The molecule has 204 valence electrons. The predicted molar refractivity (Wildman–Crippen MR) is 162 cm³/mol. The molecule has 40 heavy (non-hydrogen) atoms. The first kappa shape index (κ1) is 28.1. The van der Waals surface area contributed by atoms with Gasteiger partial charge >= 0.3 is 0 Å². The number of hydrogen-bond donors (Lipinski definition) is 2. The fourth-order valence-electron chi connectivity index (χ4n) is 5.11. The van der Waals surface area contributed by atoms with Crippen molar-refractivity contribution in [3.63, 3.8) is 0 Å². The summed E-state index contributed by atoms with van der Waals surface area (Å²) in [5, 5.41) is 22.3. The maximum absolute atomic E-state index is 13.6. The molecule has 1 unspecified atom stereocenters. The number of carbonyl (C=O) groups is 2. The van der Waals surface area contributed by atoms with Gasteiger partial charge in [0, 0.05) is 27.9 Å². The predicted octanol–water partition coefficient (Wildman–Crippen LogP) is 6.28. The van der Waals surface area contributed by atoms with Crippen molar-refractivity contribution in [1.82, 2.24) is 10.2 Å². The van der Waals surface area contributed by atoms with Gasteiger partial charge in [0.25, 0.3) is 0 Å². The van der Waals surface area contributed by atoms with E-state index in [0.717, 1.165) is 27.0 Å². The van der Waals surface area contributed by atoms with Crippen molar-refractivity contribution < 1.29 is 9.59 Å². The summed E-state index contributed by atoms with van der Waals surface area (Å²) in [7, 11) is 0.